The van der Waals surface area contributed by atoms with Gasteiger partial charge in [0.15, 0.2) is 0 Å². The van der Waals surface area contributed by atoms with Crippen LogP contribution in [-0.2, 0) is 4.79 Å². The molecule has 1 saturated carbocycles. The first-order valence-corrected chi connectivity index (χ1v) is 4.74. The third-order valence-electron chi connectivity index (χ3n) is 2.01. The van der Waals surface area contributed by atoms with Crippen molar-refractivity contribution in [3.05, 3.63) is 0 Å². The maximum absolute atomic E-state index is 9.72. The summed E-state index contributed by atoms with van der Waals surface area (Å²) in [4.78, 5) is 9.72. The Morgan fingerprint density at radius 3 is 1.36 bits per heavy atom. The van der Waals surface area contributed by atoms with Gasteiger partial charge in [-0.1, -0.05) is 38.5 Å². The highest BCUT2D eigenvalue weighted by molar-refractivity contribution is 5.75. The zero-order valence-electron chi connectivity index (χ0n) is 8.07. The number of carbonyl (C=O) groups is 1. The van der Waals surface area contributed by atoms with E-state index in [-0.39, 0.29) is 0 Å². The SMILES string of the molecule is C1CCCCC1.N#CC(C#N)C(=O)O. The molecular weight excluding hydrogens is 180 g/mol. The summed E-state index contributed by atoms with van der Waals surface area (Å²) in [6.45, 7) is 0. The number of nitriles is 2. The van der Waals surface area contributed by atoms with E-state index in [2.05, 4.69) is 0 Å². The van der Waals surface area contributed by atoms with Crippen molar-refractivity contribution in [2.45, 2.75) is 38.5 Å². The molecule has 1 aliphatic rings. The van der Waals surface area contributed by atoms with Crippen LogP contribution in [0.1, 0.15) is 38.5 Å². The highest BCUT2D eigenvalue weighted by Gasteiger charge is 2.13. The molecule has 0 atom stereocenters. The van der Waals surface area contributed by atoms with Crippen molar-refractivity contribution in [3.8, 4) is 12.1 Å². The monoisotopic (exact) mass is 194 g/mol. The number of hydrogen-bond donors (Lipinski definition) is 1. The second-order valence-corrected chi connectivity index (χ2v) is 3.15. The summed E-state index contributed by atoms with van der Waals surface area (Å²) in [5.41, 5.74) is 0. The second kappa shape index (κ2) is 8.07. The van der Waals surface area contributed by atoms with Crippen LogP contribution in [0.3, 0.4) is 0 Å². The number of carboxylic acids is 1. The normalized spacial score (nSPS) is 14.5. The van der Waals surface area contributed by atoms with E-state index in [0.717, 1.165) is 0 Å². The lowest BCUT2D eigenvalue weighted by molar-refractivity contribution is -0.138. The fraction of sp³-hybridized carbons (Fsp3) is 0.700. The van der Waals surface area contributed by atoms with Gasteiger partial charge in [0.25, 0.3) is 0 Å². The summed E-state index contributed by atoms with van der Waals surface area (Å²) in [5.74, 6) is -2.91. The van der Waals surface area contributed by atoms with Crippen LogP contribution in [-0.4, -0.2) is 11.1 Å². The Hall–Kier alpha value is -1.55. The highest BCUT2D eigenvalue weighted by Crippen LogP contribution is 2.15. The van der Waals surface area contributed by atoms with Gasteiger partial charge in [0.1, 0.15) is 0 Å². The minimum Gasteiger partial charge on any atom is -0.479 e. The Kier molecular flexibility index (Phi) is 7.17. The van der Waals surface area contributed by atoms with Crippen molar-refractivity contribution in [1.29, 1.82) is 10.5 Å². The first-order valence-electron chi connectivity index (χ1n) is 4.74. The number of carboxylic acid groups (broad SMARTS) is 1. The summed E-state index contributed by atoms with van der Waals surface area (Å²) in [6.07, 6.45) is 9.00. The molecule has 0 amide bonds. The molecule has 0 aromatic rings. The Labute approximate surface area is 83.8 Å². The molecule has 1 aliphatic carbocycles. The molecule has 0 aromatic heterocycles. The van der Waals surface area contributed by atoms with E-state index in [1.165, 1.54) is 50.7 Å². The third kappa shape index (κ3) is 6.02. The molecule has 0 saturated heterocycles. The van der Waals surface area contributed by atoms with Gasteiger partial charge in [-0.3, -0.25) is 0 Å². The average Bonchev–Trinajstić information content (AvgIpc) is 2.22. The van der Waals surface area contributed by atoms with Gasteiger partial charge < -0.3 is 5.11 Å². The van der Waals surface area contributed by atoms with Crippen molar-refractivity contribution in [2.24, 2.45) is 5.92 Å². The molecule has 76 valence electrons. The molecule has 1 rings (SSSR count). The van der Waals surface area contributed by atoms with Crippen molar-refractivity contribution >= 4 is 5.97 Å². The molecule has 0 unspecified atom stereocenters. The summed E-state index contributed by atoms with van der Waals surface area (Å²) >= 11 is 0. The third-order valence-corrected chi connectivity index (χ3v) is 2.01. The van der Waals surface area contributed by atoms with Crippen molar-refractivity contribution in [1.82, 2.24) is 0 Å². The van der Waals surface area contributed by atoms with Gasteiger partial charge in [-0.15, -0.1) is 0 Å². The van der Waals surface area contributed by atoms with Crippen LogP contribution in [0.15, 0.2) is 0 Å². The van der Waals surface area contributed by atoms with Crippen LogP contribution in [0.4, 0.5) is 0 Å². The van der Waals surface area contributed by atoms with Crippen molar-refractivity contribution < 1.29 is 9.90 Å². The van der Waals surface area contributed by atoms with Crippen molar-refractivity contribution in [2.75, 3.05) is 0 Å². The van der Waals surface area contributed by atoms with E-state index >= 15 is 0 Å². The van der Waals surface area contributed by atoms with Crippen LogP contribution in [0.2, 0.25) is 0 Å². The molecule has 14 heavy (non-hydrogen) atoms. The van der Waals surface area contributed by atoms with Gasteiger partial charge in [-0.05, 0) is 0 Å². The maximum atomic E-state index is 9.72. The predicted molar refractivity (Wildman–Crippen MR) is 50.1 cm³/mol. The minimum atomic E-state index is -1.52. The standard InChI is InChI=1S/C6H12.C4H2N2O2/c1-2-4-6-5-3-1;5-1-3(2-6)4(7)8/h1-6H2;3H,(H,7,8). The zero-order valence-corrected chi connectivity index (χ0v) is 8.07. The van der Waals surface area contributed by atoms with E-state index in [9.17, 15) is 4.79 Å². The molecule has 0 aromatic carbocycles. The first-order chi connectivity index (χ1) is 6.72. The molecule has 0 spiro atoms. The van der Waals surface area contributed by atoms with Crippen molar-refractivity contribution in [3.63, 3.8) is 0 Å². The summed E-state index contributed by atoms with van der Waals surface area (Å²) in [5, 5.41) is 23.6. The number of aliphatic carboxylic acids is 1. The highest BCUT2D eigenvalue weighted by atomic mass is 16.4. The average molecular weight is 194 g/mol. The molecule has 0 radical (unpaired) electrons. The minimum absolute atomic E-state index is 1.29. The van der Waals surface area contributed by atoms with Gasteiger partial charge in [0.2, 0.25) is 5.92 Å². The fourth-order valence-corrected chi connectivity index (χ4v) is 1.20. The fourth-order valence-electron chi connectivity index (χ4n) is 1.20. The quantitative estimate of drug-likeness (QED) is 0.692. The van der Waals surface area contributed by atoms with Crippen LogP contribution in [0.25, 0.3) is 0 Å². The van der Waals surface area contributed by atoms with E-state index in [4.69, 9.17) is 15.6 Å². The van der Waals surface area contributed by atoms with Gasteiger partial charge in [0.05, 0.1) is 12.1 Å². The van der Waals surface area contributed by atoms with E-state index < -0.39 is 11.9 Å². The Morgan fingerprint density at radius 1 is 1.00 bits per heavy atom. The number of rotatable bonds is 1. The summed E-state index contributed by atoms with van der Waals surface area (Å²) in [7, 11) is 0. The molecule has 1 fully saturated rings. The Balaban J connectivity index is 0.000000249. The number of nitrogens with zero attached hydrogens (tertiary/aromatic N) is 2. The lowest BCUT2D eigenvalue weighted by Gasteiger charge is -2.05. The van der Waals surface area contributed by atoms with E-state index in [1.54, 1.807) is 0 Å². The van der Waals surface area contributed by atoms with E-state index in [1.807, 2.05) is 0 Å². The summed E-state index contributed by atoms with van der Waals surface area (Å²) in [6, 6.07) is 2.58. The van der Waals surface area contributed by atoms with Gasteiger partial charge in [0, 0.05) is 0 Å². The van der Waals surface area contributed by atoms with Crippen LogP contribution < -0.4 is 0 Å². The molecule has 4 nitrogen and oxygen atoms in total. The molecule has 4 heteroatoms. The predicted octanol–water partition coefficient (Wildman–Crippen LogP) is 2.07. The largest absolute Gasteiger partial charge is 0.479 e. The van der Waals surface area contributed by atoms with Gasteiger partial charge >= 0.3 is 5.97 Å². The molecular formula is C10H14N2O2. The van der Waals surface area contributed by atoms with E-state index in [0.29, 0.717) is 0 Å². The molecule has 1 N–H and O–H groups in total. The smallest absolute Gasteiger partial charge is 0.335 e. The van der Waals surface area contributed by atoms with Crippen LogP contribution >= 0.6 is 0 Å². The lowest BCUT2D eigenvalue weighted by atomic mass is 10.0. The zero-order chi connectivity index (χ0) is 10.8. The van der Waals surface area contributed by atoms with Gasteiger partial charge in [-0.2, -0.15) is 10.5 Å². The lowest BCUT2D eigenvalue weighted by Crippen LogP contribution is -2.07. The van der Waals surface area contributed by atoms with Crippen LogP contribution in [0.5, 0.6) is 0 Å². The number of hydrogen-bond acceptors (Lipinski definition) is 3. The second-order valence-electron chi connectivity index (χ2n) is 3.15. The first kappa shape index (κ1) is 12.4. The molecule has 0 aliphatic heterocycles. The maximum Gasteiger partial charge on any atom is 0.335 e. The topological polar surface area (TPSA) is 84.9 Å². The van der Waals surface area contributed by atoms with Gasteiger partial charge in [-0.25, -0.2) is 4.79 Å². The molecule has 0 heterocycles. The van der Waals surface area contributed by atoms with Crippen LogP contribution in [0, 0.1) is 28.6 Å². The molecule has 0 bridgehead atoms. The Morgan fingerprint density at radius 2 is 1.29 bits per heavy atom. The summed E-state index contributed by atoms with van der Waals surface area (Å²) < 4.78 is 0. The Bertz CT molecular complexity index is 220.